The Kier molecular flexibility index (Phi) is 5.17. The molecular formula is C15H11N3O5S. The molecule has 0 atom stereocenters. The molecule has 0 unspecified atom stereocenters. The summed E-state index contributed by atoms with van der Waals surface area (Å²) in [6.07, 6.45) is 0. The lowest BCUT2D eigenvalue weighted by molar-refractivity contribution is -0.384. The summed E-state index contributed by atoms with van der Waals surface area (Å²) in [5, 5.41) is 24.6. The van der Waals surface area contributed by atoms with Gasteiger partial charge in [-0.2, -0.15) is 0 Å². The molecule has 1 amide bonds. The Morgan fingerprint density at radius 1 is 1.00 bits per heavy atom. The number of nitro benzene ring substituents is 1. The first-order valence-electron chi connectivity index (χ1n) is 6.57. The summed E-state index contributed by atoms with van der Waals surface area (Å²) in [5.74, 6) is -1.57. The van der Waals surface area contributed by atoms with Gasteiger partial charge in [0.25, 0.3) is 11.6 Å². The fourth-order valence-electron chi connectivity index (χ4n) is 1.77. The van der Waals surface area contributed by atoms with Crippen molar-refractivity contribution in [2.45, 2.75) is 0 Å². The molecule has 2 rings (SSSR count). The van der Waals surface area contributed by atoms with Crippen LogP contribution in [0.3, 0.4) is 0 Å². The number of nitrogens with one attached hydrogen (secondary N) is 2. The van der Waals surface area contributed by atoms with E-state index in [1.54, 1.807) is 0 Å². The molecule has 0 saturated carbocycles. The number of benzene rings is 2. The fourth-order valence-corrected chi connectivity index (χ4v) is 1.98. The molecule has 0 aliphatic rings. The van der Waals surface area contributed by atoms with Crippen molar-refractivity contribution in [2.24, 2.45) is 0 Å². The normalized spacial score (nSPS) is 9.83. The van der Waals surface area contributed by atoms with E-state index in [2.05, 4.69) is 10.6 Å². The third kappa shape index (κ3) is 4.34. The van der Waals surface area contributed by atoms with E-state index in [0.29, 0.717) is 5.69 Å². The highest BCUT2D eigenvalue weighted by molar-refractivity contribution is 7.80. The molecule has 122 valence electrons. The zero-order valence-corrected chi connectivity index (χ0v) is 12.9. The molecule has 8 nitrogen and oxygen atoms in total. The SMILES string of the molecule is O=C(O)c1ccc(NC(=S)NC(=O)c2ccc([N+](=O)[O-])cc2)cc1. The van der Waals surface area contributed by atoms with E-state index < -0.39 is 16.8 Å². The number of nitrogens with zero attached hydrogens (tertiary/aromatic N) is 1. The Balaban J connectivity index is 1.97. The summed E-state index contributed by atoms with van der Waals surface area (Å²) in [6, 6.07) is 10.9. The molecule has 9 heteroatoms. The molecule has 0 bridgehead atoms. The first-order chi connectivity index (χ1) is 11.4. The minimum atomic E-state index is -1.05. The molecule has 0 aromatic heterocycles. The molecule has 3 N–H and O–H groups in total. The molecule has 0 heterocycles. The van der Waals surface area contributed by atoms with Crippen molar-refractivity contribution >= 4 is 40.6 Å². The number of nitro groups is 1. The van der Waals surface area contributed by atoms with Gasteiger partial charge in [-0.05, 0) is 48.6 Å². The van der Waals surface area contributed by atoms with Crippen LogP contribution in [0, 0.1) is 10.1 Å². The van der Waals surface area contributed by atoms with Gasteiger partial charge in [0.05, 0.1) is 10.5 Å². The second kappa shape index (κ2) is 7.29. The van der Waals surface area contributed by atoms with Crippen molar-refractivity contribution in [3.05, 3.63) is 69.8 Å². The molecule has 24 heavy (non-hydrogen) atoms. The van der Waals surface area contributed by atoms with Crippen LogP contribution in [0.4, 0.5) is 11.4 Å². The lowest BCUT2D eigenvalue weighted by atomic mass is 10.2. The number of non-ortho nitro benzene ring substituents is 1. The number of hydrogen-bond acceptors (Lipinski definition) is 5. The van der Waals surface area contributed by atoms with E-state index in [0.717, 1.165) is 0 Å². The summed E-state index contributed by atoms with van der Waals surface area (Å²) in [5.41, 5.74) is 0.729. The first kappa shape index (κ1) is 17.0. The van der Waals surface area contributed by atoms with Crippen molar-refractivity contribution in [2.75, 3.05) is 5.32 Å². The van der Waals surface area contributed by atoms with Crippen molar-refractivity contribution in [1.82, 2.24) is 5.32 Å². The smallest absolute Gasteiger partial charge is 0.335 e. The Labute approximate surface area is 141 Å². The lowest BCUT2D eigenvalue weighted by Crippen LogP contribution is -2.34. The molecular weight excluding hydrogens is 334 g/mol. The largest absolute Gasteiger partial charge is 0.478 e. The first-order valence-corrected chi connectivity index (χ1v) is 6.98. The summed E-state index contributed by atoms with van der Waals surface area (Å²) in [6.45, 7) is 0. The number of anilines is 1. The Hall–Kier alpha value is -3.33. The average molecular weight is 345 g/mol. The summed E-state index contributed by atoms with van der Waals surface area (Å²) >= 11 is 5.00. The standard InChI is InChI=1S/C15H11N3O5S/c19-13(9-3-7-12(8-4-9)18(22)23)17-15(24)16-11-5-1-10(2-6-11)14(20)21/h1-8H,(H,20,21)(H2,16,17,19,24). The molecule has 0 saturated heterocycles. The Bertz CT molecular complexity index is 803. The van der Waals surface area contributed by atoms with Gasteiger partial charge in [-0.3, -0.25) is 20.2 Å². The third-order valence-corrected chi connectivity index (χ3v) is 3.16. The van der Waals surface area contributed by atoms with Crippen LogP contribution in [0.1, 0.15) is 20.7 Å². The fraction of sp³-hybridized carbons (Fsp3) is 0. The minimum absolute atomic E-state index is 0.0152. The highest BCUT2D eigenvalue weighted by Gasteiger charge is 2.11. The van der Waals surface area contributed by atoms with Crippen LogP contribution < -0.4 is 10.6 Å². The van der Waals surface area contributed by atoms with Crippen molar-refractivity contribution < 1.29 is 19.6 Å². The Morgan fingerprint density at radius 2 is 1.54 bits per heavy atom. The molecule has 2 aromatic carbocycles. The van der Waals surface area contributed by atoms with Crippen LogP contribution in [0.15, 0.2) is 48.5 Å². The quantitative estimate of drug-likeness (QED) is 0.442. The zero-order valence-electron chi connectivity index (χ0n) is 12.1. The number of aromatic carboxylic acids is 1. The number of rotatable bonds is 4. The number of hydrogen-bond donors (Lipinski definition) is 3. The van der Waals surface area contributed by atoms with E-state index >= 15 is 0 Å². The van der Waals surface area contributed by atoms with Crippen LogP contribution in [0.25, 0.3) is 0 Å². The zero-order chi connectivity index (χ0) is 17.7. The van der Waals surface area contributed by atoms with Gasteiger partial charge < -0.3 is 10.4 Å². The van der Waals surface area contributed by atoms with Gasteiger partial charge in [0.2, 0.25) is 0 Å². The maximum absolute atomic E-state index is 12.0. The maximum atomic E-state index is 12.0. The van der Waals surface area contributed by atoms with E-state index in [9.17, 15) is 19.7 Å². The van der Waals surface area contributed by atoms with E-state index in [1.165, 1.54) is 48.5 Å². The minimum Gasteiger partial charge on any atom is -0.478 e. The van der Waals surface area contributed by atoms with Crippen molar-refractivity contribution in [3.8, 4) is 0 Å². The number of carboxylic acids is 1. The molecule has 0 aliphatic carbocycles. The predicted octanol–water partition coefficient (Wildman–Crippen LogP) is 2.42. The van der Waals surface area contributed by atoms with E-state index in [1.807, 2.05) is 0 Å². The molecule has 0 aliphatic heterocycles. The number of carbonyl (C=O) groups is 2. The predicted molar refractivity (Wildman–Crippen MR) is 90.2 cm³/mol. The van der Waals surface area contributed by atoms with Gasteiger partial charge >= 0.3 is 5.97 Å². The highest BCUT2D eigenvalue weighted by atomic mass is 32.1. The van der Waals surface area contributed by atoms with Crippen molar-refractivity contribution in [1.29, 1.82) is 0 Å². The number of amides is 1. The van der Waals surface area contributed by atoms with E-state index in [-0.39, 0.29) is 21.9 Å². The van der Waals surface area contributed by atoms with Crippen LogP contribution in [0.2, 0.25) is 0 Å². The number of thiocarbonyl (C=S) groups is 1. The summed E-state index contributed by atoms with van der Waals surface area (Å²) in [4.78, 5) is 32.7. The van der Waals surface area contributed by atoms with Gasteiger partial charge in [0.15, 0.2) is 5.11 Å². The van der Waals surface area contributed by atoms with Gasteiger partial charge in [-0.15, -0.1) is 0 Å². The Morgan fingerprint density at radius 3 is 2.04 bits per heavy atom. The number of carbonyl (C=O) groups excluding carboxylic acids is 1. The van der Waals surface area contributed by atoms with Crippen LogP contribution in [-0.4, -0.2) is 27.0 Å². The second-order valence-electron chi connectivity index (χ2n) is 4.59. The molecule has 0 spiro atoms. The summed E-state index contributed by atoms with van der Waals surface area (Å²) in [7, 11) is 0. The van der Waals surface area contributed by atoms with Crippen LogP contribution in [0.5, 0.6) is 0 Å². The second-order valence-corrected chi connectivity index (χ2v) is 5.00. The van der Waals surface area contributed by atoms with Crippen molar-refractivity contribution in [3.63, 3.8) is 0 Å². The van der Waals surface area contributed by atoms with Gasteiger partial charge in [0, 0.05) is 23.4 Å². The molecule has 2 aromatic rings. The monoisotopic (exact) mass is 345 g/mol. The van der Waals surface area contributed by atoms with Gasteiger partial charge in [-0.25, -0.2) is 4.79 Å². The maximum Gasteiger partial charge on any atom is 0.335 e. The third-order valence-electron chi connectivity index (χ3n) is 2.96. The topological polar surface area (TPSA) is 122 Å². The highest BCUT2D eigenvalue weighted by Crippen LogP contribution is 2.12. The molecule has 0 radical (unpaired) electrons. The summed E-state index contributed by atoms with van der Waals surface area (Å²) < 4.78 is 0. The van der Waals surface area contributed by atoms with Gasteiger partial charge in [0.1, 0.15) is 0 Å². The number of carboxylic acid groups (broad SMARTS) is 1. The van der Waals surface area contributed by atoms with Gasteiger partial charge in [-0.1, -0.05) is 0 Å². The van der Waals surface area contributed by atoms with Crippen LogP contribution >= 0.6 is 12.2 Å². The van der Waals surface area contributed by atoms with Crippen LogP contribution in [-0.2, 0) is 0 Å². The molecule has 0 fully saturated rings. The lowest BCUT2D eigenvalue weighted by Gasteiger charge is -2.09. The average Bonchev–Trinajstić information content (AvgIpc) is 2.55. The van der Waals surface area contributed by atoms with E-state index in [4.69, 9.17) is 17.3 Å².